The van der Waals surface area contributed by atoms with Gasteiger partial charge in [0.25, 0.3) is 0 Å². The highest BCUT2D eigenvalue weighted by Gasteiger charge is 2.15. The number of rotatable bonds is 1. The Bertz CT molecular complexity index is 310. The second kappa shape index (κ2) is 2.89. The van der Waals surface area contributed by atoms with E-state index in [1.807, 2.05) is 0 Å². The molecule has 0 saturated carbocycles. The van der Waals surface area contributed by atoms with Gasteiger partial charge < -0.3 is 14.9 Å². The van der Waals surface area contributed by atoms with Crippen LogP contribution in [0, 0.1) is 12.7 Å². The number of methoxy groups -OCH3 is 1. The summed E-state index contributed by atoms with van der Waals surface area (Å²) in [6.07, 6.45) is 0. The van der Waals surface area contributed by atoms with Crippen molar-refractivity contribution in [1.82, 2.24) is 0 Å². The SMILES string of the molecule is COc1c(F)cc(C)c(O)c1O. The van der Waals surface area contributed by atoms with Crippen LogP contribution >= 0.6 is 0 Å². The quantitative estimate of drug-likeness (QED) is 0.632. The van der Waals surface area contributed by atoms with Crippen molar-refractivity contribution in [3.8, 4) is 17.2 Å². The number of aromatic hydroxyl groups is 2. The third-order valence-corrected chi connectivity index (χ3v) is 1.58. The molecule has 0 aliphatic heterocycles. The van der Waals surface area contributed by atoms with Gasteiger partial charge in [0.1, 0.15) is 0 Å². The zero-order valence-electron chi connectivity index (χ0n) is 6.76. The highest BCUT2D eigenvalue weighted by atomic mass is 19.1. The van der Waals surface area contributed by atoms with Crippen LogP contribution in [0.25, 0.3) is 0 Å². The van der Waals surface area contributed by atoms with Gasteiger partial charge in [0.15, 0.2) is 11.6 Å². The van der Waals surface area contributed by atoms with Crippen molar-refractivity contribution in [2.45, 2.75) is 6.92 Å². The fourth-order valence-corrected chi connectivity index (χ4v) is 0.926. The van der Waals surface area contributed by atoms with Crippen LogP contribution in [0.1, 0.15) is 5.56 Å². The first-order valence-electron chi connectivity index (χ1n) is 3.33. The Hall–Kier alpha value is -1.45. The topological polar surface area (TPSA) is 49.7 Å². The molecule has 2 N–H and O–H groups in total. The van der Waals surface area contributed by atoms with Crippen molar-refractivity contribution >= 4 is 0 Å². The molecular formula is C8H9FO3. The van der Waals surface area contributed by atoms with E-state index in [0.717, 1.165) is 6.07 Å². The normalized spacial score (nSPS) is 9.92. The van der Waals surface area contributed by atoms with Crippen LogP contribution in [-0.2, 0) is 0 Å². The molecule has 3 nitrogen and oxygen atoms in total. The Morgan fingerprint density at radius 1 is 1.33 bits per heavy atom. The Balaban J connectivity index is 3.40. The average Bonchev–Trinajstić information content (AvgIpc) is 2.01. The molecule has 1 rings (SSSR count). The first-order valence-corrected chi connectivity index (χ1v) is 3.33. The van der Waals surface area contributed by atoms with Crippen LogP contribution < -0.4 is 4.74 Å². The molecule has 4 heteroatoms. The lowest BCUT2D eigenvalue weighted by atomic mass is 10.2. The molecular weight excluding hydrogens is 163 g/mol. The highest BCUT2D eigenvalue weighted by molar-refractivity contribution is 5.54. The summed E-state index contributed by atoms with van der Waals surface area (Å²) >= 11 is 0. The van der Waals surface area contributed by atoms with Crippen molar-refractivity contribution in [3.63, 3.8) is 0 Å². The second-order valence-electron chi connectivity index (χ2n) is 2.41. The monoisotopic (exact) mass is 172 g/mol. The minimum atomic E-state index is -0.690. The van der Waals surface area contributed by atoms with Crippen molar-refractivity contribution < 1.29 is 19.3 Å². The first kappa shape index (κ1) is 8.64. The molecule has 0 atom stereocenters. The van der Waals surface area contributed by atoms with Gasteiger partial charge in [0.2, 0.25) is 11.5 Å². The summed E-state index contributed by atoms with van der Waals surface area (Å²) in [6, 6.07) is 1.09. The Morgan fingerprint density at radius 3 is 2.42 bits per heavy atom. The summed E-state index contributed by atoms with van der Waals surface area (Å²) in [4.78, 5) is 0. The van der Waals surface area contributed by atoms with Crippen LogP contribution in [0.4, 0.5) is 4.39 Å². The lowest BCUT2D eigenvalue weighted by molar-refractivity contribution is 0.332. The molecule has 0 aliphatic carbocycles. The molecule has 12 heavy (non-hydrogen) atoms. The van der Waals surface area contributed by atoms with Crippen LogP contribution in [0.2, 0.25) is 0 Å². The molecule has 0 spiro atoms. The summed E-state index contributed by atoms with van der Waals surface area (Å²) < 4.78 is 17.4. The number of hydrogen-bond donors (Lipinski definition) is 2. The van der Waals surface area contributed by atoms with Crippen molar-refractivity contribution in [2.24, 2.45) is 0 Å². The van der Waals surface area contributed by atoms with Crippen molar-refractivity contribution in [2.75, 3.05) is 7.11 Å². The smallest absolute Gasteiger partial charge is 0.203 e. The van der Waals surface area contributed by atoms with E-state index in [1.165, 1.54) is 14.0 Å². The number of ether oxygens (including phenoxy) is 1. The third kappa shape index (κ3) is 1.15. The van der Waals surface area contributed by atoms with E-state index in [1.54, 1.807) is 0 Å². The summed E-state index contributed by atoms with van der Waals surface area (Å²) in [6.45, 7) is 1.48. The van der Waals surface area contributed by atoms with Gasteiger partial charge in [-0.2, -0.15) is 0 Å². The minimum Gasteiger partial charge on any atom is -0.504 e. The van der Waals surface area contributed by atoms with E-state index in [0.29, 0.717) is 0 Å². The van der Waals surface area contributed by atoms with Crippen LogP contribution in [0.15, 0.2) is 6.07 Å². The molecule has 1 aromatic carbocycles. The van der Waals surface area contributed by atoms with Gasteiger partial charge in [-0.1, -0.05) is 0 Å². The van der Waals surface area contributed by atoms with Gasteiger partial charge in [0, 0.05) is 0 Å². The average molecular weight is 172 g/mol. The number of halogens is 1. The van der Waals surface area contributed by atoms with Gasteiger partial charge in [-0.3, -0.25) is 0 Å². The predicted octanol–water partition coefficient (Wildman–Crippen LogP) is 1.55. The molecule has 0 aromatic heterocycles. The largest absolute Gasteiger partial charge is 0.504 e. The number of hydrogen-bond acceptors (Lipinski definition) is 3. The Labute approximate surface area is 69.0 Å². The molecule has 1 aromatic rings. The highest BCUT2D eigenvalue weighted by Crippen LogP contribution is 2.39. The lowest BCUT2D eigenvalue weighted by Crippen LogP contribution is -1.90. The molecule has 0 fully saturated rings. The molecule has 0 radical (unpaired) electrons. The molecule has 0 unspecified atom stereocenters. The molecule has 0 amide bonds. The maximum Gasteiger partial charge on any atom is 0.203 e. The maximum atomic E-state index is 12.9. The zero-order chi connectivity index (χ0) is 9.30. The van der Waals surface area contributed by atoms with E-state index in [4.69, 9.17) is 10.2 Å². The van der Waals surface area contributed by atoms with Gasteiger partial charge in [-0.15, -0.1) is 0 Å². The fourth-order valence-electron chi connectivity index (χ4n) is 0.926. The van der Waals surface area contributed by atoms with Crippen molar-refractivity contribution in [1.29, 1.82) is 0 Å². The second-order valence-corrected chi connectivity index (χ2v) is 2.41. The van der Waals surface area contributed by atoms with E-state index in [9.17, 15) is 4.39 Å². The van der Waals surface area contributed by atoms with Gasteiger partial charge in [-0.25, -0.2) is 4.39 Å². The third-order valence-electron chi connectivity index (χ3n) is 1.58. The van der Waals surface area contributed by atoms with Gasteiger partial charge >= 0.3 is 0 Å². The summed E-state index contributed by atoms with van der Waals surface area (Å²) in [5, 5.41) is 18.3. The van der Waals surface area contributed by atoms with Gasteiger partial charge in [-0.05, 0) is 18.6 Å². The summed E-state index contributed by atoms with van der Waals surface area (Å²) in [5.74, 6) is -1.94. The Morgan fingerprint density at radius 2 is 1.92 bits per heavy atom. The van der Waals surface area contributed by atoms with Crippen LogP contribution in [0.3, 0.4) is 0 Å². The predicted molar refractivity (Wildman–Crippen MR) is 41.0 cm³/mol. The maximum absolute atomic E-state index is 12.9. The number of phenolic OH excluding ortho intramolecular Hbond substituents is 2. The van der Waals surface area contributed by atoms with E-state index < -0.39 is 11.6 Å². The molecule has 66 valence electrons. The Kier molecular flexibility index (Phi) is 2.08. The molecule has 0 heterocycles. The first-order chi connectivity index (χ1) is 5.57. The van der Waals surface area contributed by atoms with Crippen LogP contribution in [0.5, 0.6) is 17.2 Å². The van der Waals surface area contributed by atoms with E-state index in [2.05, 4.69) is 4.74 Å². The van der Waals surface area contributed by atoms with E-state index in [-0.39, 0.29) is 17.1 Å². The number of aryl methyl sites for hydroxylation is 1. The summed E-state index contributed by atoms with van der Waals surface area (Å²) in [5.41, 5.74) is 0.269. The summed E-state index contributed by atoms with van der Waals surface area (Å²) in [7, 11) is 1.22. The van der Waals surface area contributed by atoms with Gasteiger partial charge in [0.05, 0.1) is 7.11 Å². The van der Waals surface area contributed by atoms with Crippen LogP contribution in [-0.4, -0.2) is 17.3 Å². The zero-order valence-corrected chi connectivity index (χ0v) is 6.76. The standard InChI is InChI=1S/C8H9FO3/c1-4-3-5(9)8(12-2)7(11)6(4)10/h3,10-11H,1-2H3. The molecule has 0 saturated heterocycles. The van der Waals surface area contributed by atoms with E-state index >= 15 is 0 Å². The molecule has 0 bridgehead atoms. The molecule has 0 aliphatic rings. The lowest BCUT2D eigenvalue weighted by Gasteiger charge is -2.07. The number of phenols is 2. The fraction of sp³-hybridized carbons (Fsp3) is 0.250. The van der Waals surface area contributed by atoms with Crippen molar-refractivity contribution in [3.05, 3.63) is 17.4 Å². The minimum absolute atomic E-state index is 0.269. The number of benzene rings is 1.